The lowest BCUT2D eigenvalue weighted by Crippen LogP contribution is -2.60. The van der Waals surface area contributed by atoms with Gasteiger partial charge in [-0.3, -0.25) is 9.63 Å². The average molecular weight is 351 g/mol. The first kappa shape index (κ1) is 19.5. The van der Waals surface area contributed by atoms with Gasteiger partial charge in [0.05, 0.1) is 7.11 Å². The molecule has 6 heteroatoms. The van der Waals surface area contributed by atoms with E-state index in [9.17, 15) is 14.0 Å². The van der Waals surface area contributed by atoms with Gasteiger partial charge in [0.1, 0.15) is 5.82 Å². The van der Waals surface area contributed by atoms with Crippen molar-refractivity contribution in [2.45, 2.75) is 64.1 Å². The summed E-state index contributed by atoms with van der Waals surface area (Å²) in [5, 5.41) is 1.74. The molecule has 0 saturated carbocycles. The van der Waals surface area contributed by atoms with Gasteiger partial charge in [-0.15, -0.1) is 0 Å². The van der Waals surface area contributed by atoms with Crippen molar-refractivity contribution in [1.29, 1.82) is 0 Å². The molecule has 0 bridgehead atoms. The maximum Gasteiger partial charge on any atom is 0.345 e. The van der Waals surface area contributed by atoms with Gasteiger partial charge in [-0.05, 0) is 71.2 Å². The third-order valence-electron chi connectivity index (χ3n) is 4.67. The zero-order valence-corrected chi connectivity index (χ0v) is 15.5. The largest absolute Gasteiger partial charge is 0.467 e. The van der Waals surface area contributed by atoms with Crippen LogP contribution in [0.15, 0.2) is 24.3 Å². The van der Waals surface area contributed by atoms with E-state index in [0.29, 0.717) is 0 Å². The highest BCUT2D eigenvalue weighted by molar-refractivity contribution is 6.11. The first-order chi connectivity index (χ1) is 11.6. The molecule has 25 heavy (non-hydrogen) atoms. The fraction of sp³-hybridized carbons (Fsp3) is 0.579. The molecule has 0 aromatic heterocycles. The second kappa shape index (κ2) is 7.22. The van der Waals surface area contributed by atoms with E-state index < -0.39 is 23.7 Å². The summed E-state index contributed by atoms with van der Waals surface area (Å²) in [4.78, 5) is 30.9. The van der Waals surface area contributed by atoms with Crippen LogP contribution in [-0.4, -0.2) is 41.1 Å². The molecule has 2 rings (SSSR count). The molecule has 1 fully saturated rings. The number of carbonyl (C=O) groups is 2. The number of hydrogen-bond donors (Lipinski definition) is 0. The molecule has 0 spiro atoms. The predicted molar refractivity (Wildman–Crippen MR) is 91.5 cm³/mol. The van der Waals surface area contributed by atoms with Gasteiger partial charge in [0.15, 0.2) is 0 Å². The van der Waals surface area contributed by atoms with E-state index in [1.165, 1.54) is 31.4 Å². The van der Waals surface area contributed by atoms with Crippen molar-refractivity contribution in [3.8, 4) is 0 Å². The Hall–Kier alpha value is -1.79. The van der Waals surface area contributed by atoms with E-state index in [1.807, 2.05) is 27.7 Å². The number of carbonyl (C=O) groups excluding carboxylic acids is 2. The SMILES string of the molecule is COC(=O)C(ON1C(C)(C)CCCC1(C)C)C(=O)c1ccc(F)cc1. The number of ether oxygens (including phenoxy) is 1. The number of Topliss-reactive ketones (excluding diaryl/α,β-unsaturated/α-hetero) is 1. The summed E-state index contributed by atoms with van der Waals surface area (Å²) in [6.45, 7) is 8.07. The van der Waals surface area contributed by atoms with Crippen LogP contribution in [0.3, 0.4) is 0 Å². The maximum absolute atomic E-state index is 13.1. The molecule has 1 unspecified atom stereocenters. The third kappa shape index (κ3) is 4.25. The number of halogens is 1. The van der Waals surface area contributed by atoms with Crippen molar-refractivity contribution in [3.05, 3.63) is 35.6 Å². The number of piperidine rings is 1. The highest BCUT2D eigenvalue weighted by atomic mass is 19.1. The molecule has 1 atom stereocenters. The fourth-order valence-electron chi connectivity index (χ4n) is 3.44. The zero-order chi connectivity index (χ0) is 18.8. The van der Waals surface area contributed by atoms with Crippen LogP contribution >= 0.6 is 0 Å². The quantitative estimate of drug-likeness (QED) is 0.461. The van der Waals surface area contributed by atoms with Gasteiger partial charge in [0.25, 0.3) is 0 Å². The van der Waals surface area contributed by atoms with Crippen molar-refractivity contribution in [3.63, 3.8) is 0 Å². The molecule has 1 saturated heterocycles. The van der Waals surface area contributed by atoms with E-state index in [4.69, 9.17) is 9.57 Å². The summed E-state index contributed by atoms with van der Waals surface area (Å²) in [5.41, 5.74) is -0.474. The number of rotatable bonds is 5. The van der Waals surface area contributed by atoms with Crippen LogP contribution in [0.5, 0.6) is 0 Å². The highest BCUT2D eigenvalue weighted by Gasteiger charge is 2.46. The van der Waals surface area contributed by atoms with Crippen LogP contribution in [0.4, 0.5) is 4.39 Å². The van der Waals surface area contributed by atoms with E-state index >= 15 is 0 Å². The molecular formula is C19H26FNO4. The number of esters is 1. The van der Waals surface area contributed by atoms with Crippen LogP contribution < -0.4 is 0 Å². The average Bonchev–Trinajstić information content (AvgIpc) is 2.53. The van der Waals surface area contributed by atoms with E-state index in [-0.39, 0.29) is 16.6 Å². The lowest BCUT2D eigenvalue weighted by Gasteiger charge is -2.51. The topological polar surface area (TPSA) is 55.8 Å². The van der Waals surface area contributed by atoms with Gasteiger partial charge in [0, 0.05) is 16.6 Å². The molecule has 0 amide bonds. The van der Waals surface area contributed by atoms with Crippen molar-refractivity contribution < 1.29 is 23.6 Å². The lowest BCUT2D eigenvalue weighted by molar-refractivity contribution is -0.292. The maximum atomic E-state index is 13.1. The number of ketones is 1. The van der Waals surface area contributed by atoms with Crippen molar-refractivity contribution in [2.24, 2.45) is 0 Å². The molecule has 1 aliphatic heterocycles. The predicted octanol–water partition coefficient (Wildman–Crippen LogP) is 3.52. The number of hydrogen-bond acceptors (Lipinski definition) is 5. The molecule has 0 N–H and O–H groups in total. The Bertz CT molecular complexity index is 623. The standard InChI is InChI=1S/C19H26FNO4/c1-18(2)11-6-12-19(3,4)21(18)25-16(17(23)24-5)15(22)13-7-9-14(20)10-8-13/h7-10,16H,6,11-12H2,1-5H3. The lowest BCUT2D eigenvalue weighted by atomic mass is 9.82. The second-order valence-corrected chi connectivity index (χ2v) is 7.65. The van der Waals surface area contributed by atoms with Crippen molar-refractivity contribution >= 4 is 11.8 Å². The minimum Gasteiger partial charge on any atom is -0.467 e. The summed E-state index contributed by atoms with van der Waals surface area (Å²) >= 11 is 0. The number of hydroxylamine groups is 2. The Labute approximate surface area is 148 Å². The molecule has 1 heterocycles. The van der Waals surface area contributed by atoms with Crippen LogP contribution in [0, 0.1) is 5.82 Å². The number of methoxy groups -OCH3 is 1. The summed E-state index contributed by atoms with van der Waals surface area (Å²) in [6.07, 6.45) is 1.38. The van der Waals surface area contributed by atoms with Crippen LogP contribution in [0.25, 0.3) is 0 Å². The highest BCUT2D eigenvalue weighted by Crippen LogP contribution is 2.39. The van der Waals surface area contributed by atoms with Gasteiger partial charge in [0.2, 0.25) is 11.9 Å². The summed E-state index contributed by atoms with van der Waals surface area (Å²) in [7, 11) is 1.21. The van der Waals surface area contributed by atoms with Crippen molar-refractivity contribution in [1.82, 2.24) is 5.06 Å². The Kier molecular flexibility index (Phi) is 5.64. The Morgan fingerprint density at radius 2 is 1.60 bits per heavy atom. The minimum atomic E-state index is -1.42. The van der Waals surface area contributed by atoms with Crippen LogP contribution in [-0.2, 0) is 14.4 Å². The normalized spacial score (nSPS) is 20.7. The van der Waals surface area contributed by atoms with Gasteiger partial charge in [-0.2, -0.15) is 5.06 Å². The molecule has 1 aromatic rings. The van der Waals surface area contributed by atoms with Crippen LogP contribution in [0.2, 0.25) is 0 Å². The number of benzene rings is 1. The molecule has 5 nitrogen and oxygen atoms in total. The number of nitrogens with zero attached hydrogens (tertiary/aromatic N) is 1. The molecular weight excluding hydrogens is 325 g/mol. The molecule has 0 aliphatic carbocycles. The molecule has 138 valence electrons. The smallest absolute Gasteiger partial charge is 0.345 e. The monoisotopic (exact) mass is 351 g/mol. The van der Waals surface area contributed by atoms with Crippen molar-refractivity contribution in [2.75, 3.05) is 7.11 Å². The summed E-state index contributed by atoms with van der Waals surface area (Å²) in [5.74, 6) is -1.78. The summed E-state index contributed by atoms with van der Waals surface area (Å²) in [6, 6.07) is 5.03. The molecule has 1 aromatic carbocycles. The first-order valence-corrected chi connectivity index (χ1v) is 8.43. The minimum absolute atomic E-state index is 0.199. The van der Waals surface area contributed by atoms with Gasteiger partial charge >= 0.3 is 5.97 Å². The van der Waals surface area contributed by atoms with E-state index in [1.54, 1.807) is 5.06 Å². The second-order valence-electron chi connectivity index (χ2n) is 7.65. The Morgan fingerprint density at radius 3 is 2.08 bits per heavy atom. The Morgan fingerprint density at radius 1 is 1.08 bits per heavy atom. The molecule has 0 radical (unpaired) electrons. The van der Waals surface area contributed by atoms with Gasteiger partial charge < -0.3 is 4.74 Å². The Balaban J connectivity index is 2.32. The molecule has 1 aliphatic rings. The van der Waals surface area contributed by atoms with Gasteiger partial charge in [-0.1, -0.05) is 0 Å². The van der Waals surface area contributed by atoms with Gasteiger partial charge in [-0.25, -0.2) is 9.18 Å². The van der Waals surface area contributed by atoms with E-state index in [0.717, 1.165) is 19.3 Å². The fourth-order valence-corrected chi connectivity index (χ4v) is 3.44. The third-order valence-corrected chi connectivity index (χ3v) is 4.67. The van der Waals surface area contributed by atoms with E-state index in [2.05, 4.69) is 0 Å². The first-order valence-electron chi connectivity index (χ1n) is 8.43. The zero-order valence-electron chi connectivity index (χ0n) is 15.5. The van der Waals surface area contributed by atoms with Crippen LogP contribution in [0.1, 0.15) is 57.3 Å². The summed E-state index contributed by atoms with van der Waals surface area (Å²) < 4.78 is 17.9.